The number of aromatic carboxylic acids is 1. The molecule has 4 aromatic carbocycles. The standard InChI is InChI=1S/C38H37F3N2O6S/c39-29-20-32(40)36(33(41)21-29)50(47,48)43-19-7-12-34(43)37(44)42(23-25-13-15-28(16-14-25)27-10-5-2-6-11-27)30-17-18-31(38(45)46)35(22-30)49-24-26-8-3-1-4-9-26/h1,3-4,8-9,13-18,20-22,27,34H,2,5-7,10-12,19,23-24H2,(H,45,46)/t34-/m1/s1. The average Bonchev–Trinajstić information content (AvgIpc) is 3.61. The molecule has 1 amide bonds. The van der Waals surface area contributed by atoms with Crippen LogP contribution in [0, 0.1) is 17.5 Å². The number of hydrogen-bond acceptors (Lipinski definition) is 5. The molecule has 50 heavy (non-hydrogen) atoms. The first kappa shape index (κ1) is 35.2. The second kappa shape index (κ2) is 15.1. The molecule has 1 saturated heterocycles. The van der Waals surface area contributed by atoms with E-state index in [1.807, 2.05) is 54.6 Å². The number of sulfonamides is 1. The molecule has 1 saturated carbocycles. The van der Waals surface area contributed by atoms with Gasteiger partial charge in [0.05, 0.1) is 6.54 Å². The molecule has 1 aliphatic carbocycles. The molecule has 0 bridgehead atoms. The van der Waals surface area contributed by atoms with E-state index >= 15 is 0 Å². The highest BCUT2D eigenvalue weighted by Gasteiger charge is 2.44. The summed E-state index contributed by atoms with van der Waals surface area (Å²) in [6.45, 7) is -0.162. The van der Waals surface area contributed by atoms with Crippen LogP contribution in [0.1, 0.15) is 77.9 Å². The minimum Gasteiger partial charge on any atom is -0.488 e. The van der Waals surface area contributed by atoms with Crippen molar-refractivity contribution in [3.05, 3.63) is 125 Å². The van der Waals surface area contributed by atoms with Crippen molar-refractivity contribution in [2.45, 2.75) is 75.0 Å². The summed E-state index contributed by atoms with van der Waals surface area (Å²) in [7, 11) is -4.92. The van der Waals surface area contributed by atoms with Crippen LogP contribution < -0.4 is 9.64 Å². The average molecular weight is 707 g/mol. The van der Waals surface area contributed by atoms with Gasteiger partial charge in [0.15, 0.2) is 4.90 Å². The minimum absolute atomic E-state index is 0.00402. The van der Waals surface area contributed by atoms with Crippen molar-refractivity contribution in [3.8, 4) is 5.75 Å². The van der Waals surface area contributed by atoms with Crippen LogP contribution in [0.3, 0.4) is 0 Å². The van der Waals surface area contributed by atoms with E-state index in [4.69, 9.17) is 4.74 Å². The third kappa shape index (κ3) is 7.56. The zero-order chi connectivity index (χ0) is 35.4. The Morgan fingerprint density at radius 1 is 0.820 bits per heavy atom. The summed E-state index contributed by atoms with van der Waals surface area (Å²) < 4.78 is 77.2. The number of halogens is 3. The molecule has 0 unspecified atom stereocenters. The van der Waals surface area contributed by atoms with Crippen molar-refractivity contribution in [2.75, 3.05) is 11.4 Å². The maximum atomic E-state index is 14.8. The van der Waals surface area contributed by atoms with E-state index in [2.05, 4.69) is 0 Å². The van der Waals surface area contributed by atoms with Crippen molar-refractivity contribution in [1.82, 2.24) is 4.31 Å². The molecule has 8 nitrogen and oxygen atoms in total. The van der Waals surface area contributed by atoms with Gasteiger partial charge in [-0.15, -0.1) is 0 Å². The number of hydrogen-bond donors (Lipinski definition) is 1. The molecule has 6 rings (SSSR count). The Morgan fingerprint density at radius 3 is 2.16 bits per heavy atom. The first-order valence-electron chi connectivity index (χ1n) is 16.6. The summed E-state index contributed by atoms with van der Waals surface area (Å²) in [5, 5.41) is 9.92. The smallest absolute Gasteiger partial charge is 0.339 e. The van der Waals surface area contributed by atoms with Crippen molar-refractivity contribution in [3.63, 3.8) is 0 Å². The van der Waals surface area contributed by atoms with Gasteiger partial charge in [-0.05, 0) is 60.4 Å². The number of anilines is 1. The van der Waals surface area contributed by atoms with E-state index < -0.39 is 50.3 Å². The summed E-state index contributed by atoms with van der Waals surface area (Å²) in [6, 6.07) is 20.4. The van der Waals surface area contributed by atoms with Gasteiger partial charge in [-0.2, -0.15) is 4.31 Å². The molecule has 1 atom stereocenters. The lowest BCUT2D eigenvalue weighted by molar-refractivity contribution is -0.121. The van der Waals surface area contributed by atoms with E-state index in [9.17, 15) is 36.3 Å². The van der Waals surface area contributed by atoms with Crippen molar-refractivity contribution in [2.24, 2.45) is 0 Å². The quantitative estimate of drug-likeness (QED) is 0.171. The number of carbonyl (C=O) groups excluding carboxylic acids is 1. The summed E-state index contributed by atoms with van der Waals surface area (Å²) in [6.07, 6.45) is 6.06. The van der Waals surface area contributed by atoms with Crippen molar-refractivity contribution < 1.29 is 41.0 Å². The number of benzene rings is 4. The maximum Gasteiger partial charge on any atom is 0.339 e. The lowest BCUT2D eigenvalue weighted by atomic mass is 9.84. The number of ether oxygens (including phenoxy) is 1. The largest absolute Gasteiger partial charge is 0.488 e. The summed E-state index contributed by atoms with van der Waals surface area (Å²) in [5.74, 6) is -5.94. The van der Waals surface area contributed by atoms with Gasteiger partial charge in [0.2, 0.25) is 15.9 Å². The molecule has 12 heteroatoms. The molecule has 262 valence electrons. The van der Waals surface area contributed by atoms with E-state index in [1.54, 1.807) is 0 Å². The van der Waals surface area contributed by atoms with Crippen LogP contribution in [0.15, 0.2) is 89.8 Å². The molecule has 1 N–H and O–H groups in total. The van der Waals surface area contributed by atoms with Crippen LogP contribution >= 0.6 is 0 Å². The van der Waals surface area contributed by atoms with E-state index in [1.165, 1.54) is 47.9 Å². The summed E-state index contributed by atoms with van der Waals surface area (Å²) in [5.41, 5.74) is 2.82. The van der Waals surface area contributed by atoms with Crippen LogP contribution in [0.2, 0.25) is 0 Å². The molecule has 1 heterocycles. The fraction of sp³-hybridized carbons (Fsp3) is 0.316. The van der Waals surface area contributed by atoms with Gasteiger partial charge in [-0.3, -0.25) is 4.79 Å². The summed E-state index contributed by atoms with van der Waals surface area (Å²) >= 11 is 0. The Hall–Kier alpha value is -4.68. The zero-order valence-corrected chi connectivity index (χ0v) is 28.1. The minimum atomic E-state index is -4.92. The van der Waals surface area contributed by atoms with Crippen LogP contribution in [0.5, 0.6) is 5.75 Å². The Labute approximate surface area is 289 Å². The predicted molar refractivity (Wildman–Crippen MR) is 181 cm³/mol. The van der Waals surface area contributed by atoms with Gasteiger partial charge in [-0.1, -0.05) is 73.9 Å². The van der Waals surface area contributed by atoms with E-state index in [0.29, 0.717) is 5.92 Å². The molecule has 2 aliphatic rings. The lowest BCUT2D eigenvalue weighted by Crippen LogP contribution is -2.48. The highest BCUT2D eigenvalue weighted by molar-refractivity contribution is 7.89. The Morgan fingerprint density at radius 2 is 1.50 bits per heavy atom. The number of carboxylic acids is 1. The van der Waals surface area contributed by atoms with Gasteiger partial charge in [0.25, 0.3) is 0 Å². The molecular formula is C38H37F3N2O6S. The topological polar surface area (TPSA) is 104 Å². The molecule has 0 radical (unpaired) electrons. The van der Waals surface area contributed by atoms with Gasteiger partial charge in [0, 0.05) is 30.4 Å². The van der Waals surface area contributed by atoms with E-state index in [-0.39, 0.29) is 61.7 Å². The van der Waals surface area contributed by atoms with Gasteiger partial charge in [0.1, 0.15) is 41.4 Å². The van der Waals surface area contributed by atoms with Crippen LogP contribution in [-0.4, -0.2) is 42.3 Å². The normalized spacial score (nSPS) is 17.1. The molecule has 0 spiro atoms. The van der Waals surface area contributed by atoms with Gasteiger partial charge < -0.3 is 14.7 Å². The Bertz CT molecular complexity index is 1950. The predicted octanol–water partition coefficient (Wildman–Crippen LogP) is 7.82. The Kier molecular flexibility index (Phi) is 10.6. The van der Waals surface area contributed by atoms with Crippen molar-refractivity contribution >= 4 is 27.6 Å². The zero-order valence-electron chi connectivity index (χ0n) is 27.2. The van der Waals surface area contributed by atoms with Crippen LogP contribution in [0.4, 0.5) is 18.9 Å². The number of amides is 1. The molecule has 4 aromatic rings. The maximum absolute atomic E-state index is 14.8. The highest BCUT2D eigenvalue weighted by Crippen LogP contribution is 2.35. The first-order chi connectivity index (χ1) is 24.0. The number of rotatable bonds is 11. The molecule has 0 aromatic heterocycles. The van der Waals surface area contributed by atoms with Gasteiger partial charge >= 0.3 is 5.97 Å². The molecule has 1 aliphatic heterocycles. The second-order valence-corrected chi connectivity index (χ2v) is 14.6. The fourth-order valence-corrected chi connectivity index (χ4v) is 8.61. The third-order valence-electron chi connectivity index (χ3n) is 9.43. The van der Waals surface area contributed by atoms with E-state index in [0.717, 1.165) is 28.3 Å². The van der Waals surface area contributed by atoms with Crippen LogP contribution in [0.25, 0.3) is 0 Å². The molecule has 2 fully saturated rings. The molecular weight excluding hydrogens is 669 g/mol. The number of nitrogens with zero attached hydrogens (tertiary/aromatic N) is 2. The van der Waals surface area contributed by atoms with Gasteiger partial charge in [-0.25, -0.2) is 26.4 Å². The monoisotopic (exact) mass is 706 g/mol. The third-order valence-corrected chi connectivity index (χ3v) is 11.4. The first-order valence-corrected chi connectivity index (χ1v) is 18.1. The number of carboxylic acid groups (broad SMARTS) is 1. The summed E-state index contributed by atoms with van der Waals surface area (Å²) in [4.78, 5) is 26.7. The number of carbonyl (C=O) groups is 2. The highest BCUT2D eigenvalue weighted by atomic mass is 32.2. The Balaban J connectivity index is 1.36. The second-order valence-electron chi connectivity index (χ2n) is 12.7. The van der Waals surface area contributed by atoms with Crippen LogP contribution in [-0.2, 0) is 28.0 Å². The van der Waals surface area contributed by atoms with Crippen molar-refractivity contribution in [1.29, 1.82) is 0 Å². The SMILES string of the molecule is O=C(O)c1ccc(N(Cc2ccc(C3CCCCC3)cc2)C(=O)[C@H]2CCCN2S(=O)(=O)c2c(F)cc(F)cc2F)cc1OCc1ccccc1. The lowest BCUT2D eigenvalue weighted by Gasteiger charge is -2.31. The fourth-order valence-electron chi connectivity index (χ4n) is 6.87.